The van der Waals surface area contributed by atoms with Gasteiger partial charge in [-0.25, -0.2) is 5.43 Å². The molecule has 0 saturated carbocycles. The SMILES string of the molecule is CC(C)Oc1ccc(/C=N/NC(=O)Cc2ccc(Br)cc2)cc1. The Hall–Kier alpha value is -2.14. The summed E-state index contributed by atoms with van der Waals surface area (Å²) in [5.74, 6) is 0.666. The van der Waals surface area contributed by atoms with Gasteiger partial charge in [0.05, 0.1) is 18.7 Å². The molecule has 0 heterocycles. The minimum atomic E-state index is -0.150. The van der Waals surface area contributed by atoms with Crippen LogP contribution in [0.3, 0.4) is 0 Å². The Kier molecular flexibility index (Phi) is 6.35. The van der Waals surface area contributed by atoms with Crippen LogP contribution in [0.15, 0.2) is 58.1 Å². The van der Waals surface area contributed by atoms with Gasteiger partial charge in [0.2, 0.25) is 5.91 Å². The molecule has 0 aliphatic heterocycles. The highest BCUT2D eigenvalue weighted by Crippen LogP contribution is 2.13. The average molecular weight is 375 g/mol. The Morgan fingerprint density at radius 2 is 1.83 bits per heavy atom. The van der Waals surface area contributed by atoms with E-state index in [1.165, 1.54) is 0 Å². The van der Waals surface area contributed by atoms with Crippen molar-refractivity contribution >= 4 is 28.1 Å². The van der Waals surface area contributed by atoms with Crippen LogP contribution in [-0.4, -0.2) is 18.2 Å². The number of nitrogens with zero attached hydrogens (tertiary/aromatic N) is 1. The molecule has 1 amide bonds. The molecule has 2 aromatic carbocycles. The highest BCUT2D eigenvalue weighted by atomic mass is 79.9. The molecule has 0 aliphatic rings. The Morgan fingerprint density at radius 3 is 2.43 bits per heavy atom. The number of hydrogen-bond acceptors (Lipinski definition) is 3. The van der Waals surface area contributed by atoms with Crippen molar-refractivity contribution < 1.29 is 9.53 Å². The van der Waals surface area contributed by atoms with E-state index < -0.39 is 0 Å². The van der Waals surface area contributed by atoms with Crippen LogP contribution in [0.2, 0.25) is 0 Å². The second-order valence-corrected chi connectivity index (χ2v) is 6.25. The van der Waals surface area contributed by atoms with Gasteiger partial charge in [0.1, 0.15) is 5.75 Å². The highest BCUT2D eigenvalue weighted by molar-refractivity contribution is 9.10. The van der Waals surface area contributed by atoms with Gasteiger partial charge in [-0.3, -0.25) is 4.79 Å². The Morgan fingerprint density at radius 1 is 1.17 bits per heavy atom. The number of nitrogens with one attached hydrogen (secondary N) is 1. The summed E-state index contributed by atoms with van der Waals surface area (Å²) in [7, 11) is 0. The third kappa shape index (κ3) is 6.24. The van der Waals surface area contributed by atoms with Gasteiger partial charge in [0.15, 0.2) is 0 Å². The summed E-state index contributed by atoms with van der Waals surface area (Å²) in [6.45, 7) is 3.96. The molecule has 0 atom stereocenters. The molecule has 0 bridgehead atoms. The maximum atomic E-state index is 11.8. The molecular weight excluding hydrogens is 356 g/mol. The molecular formula is C18H19BrN2O2. The minimum absolute atomic E-state index is 0.146. The maximum Gasteiger partial charge on any atom is 0.244 e. The number of hydrogen-bond donors (Lipinski definition) is 1. The number of halogens is 1. The Labute approximate surface area is 144 Å². The van der Waals surface area contributed by atoms with Crippen LogP contribution in [0.25, 0.3) is 0 Å². The van der Waals surface area contributed by atoms with Crippen molar-refractivity contribution in [1.29, 1.82) is 0 Å². The molecule has 23 heavy (non-hydrogen) atoms. The van der Waals surface area contributed by atoms with Crippen molar-refractivity contribution in [3.05, 3.63) is 64.1 Å². The number of rotatable bonds is 6. The van der Waals surface area contributed by atoms with Crippen molar-refractivity contribution in [3.8, 4) is 5.75 Å². The topological polar surface area (TPSA) is 50.7 Å². The van der Waals surface area contributed by atoms with E-state index in [2.05, 4.69) is 26.5 Å². The molecule has 0 saturated heterocycles. The van der Waals surface area contributed by atoms with Gasteiger partial charge >= 0.3 is 0 Å². The molecule has 0 unspecified atom stereocenters. The highest BCUT2D eigenvalue weighted by Gasteiger charge is 2.02. The summed E-state index contributed by atoms with van der Waals surface area (Å²) in [6, 6.07) is 15.2. The predicted octanol–water partition coefficient (Wildman–Crippen LogP) is 3.93. The monoisotopic (exact) mass is 374 g/mol. The lowest BCUT2D eigenvalue weighted by Crippen LogP contribution is -2.19. The summed E-state index contributed by atoms with van der Waals surface area (Å²) in [4.78, 5) is 11.8. The predicted molar refractivity (Wildman–Crippen MR) is 95.8 cm³/mol. The minimum Gasteiger partial charge on any atom is -0.491 e. The zero-order valence-corrected chi connectivity index (χ0v) is 14.7. The van der Waals surface area contributed by atoms with Gasteiger partial charge in [0, 0.05) is 4.47 Å². The largest absolute Gasteiger partial charge is 0.491 e. The first-order valence-electron chi connectivity index (χ1n) is 7.36. The van der Waals surface area contributed by atoms with Crippen molar-refractivity contribution in [1.82, 2.24) is 5.43 Å². The van der Waals surface area contributed by atoms with Crippen LogP contribution in [0, 0.1) is 0 Å². The molecule has 1 N–H and O–H groups in total. The molecule has 5 heteroatoms. The second-order valence-electron chi connectivity index (χ2n) is 5.33. The summed E-state index contributed by atoms with van der Waals surface area (Å²) in [5, 5.41) is 3.97. The third-order valence-corrected chi connectivity index (χ3v) is 3.46. The lowest BCUT2D eigenvalue weighted by molar-refractivity contribution is -0.120. The van der Waals surface area contributed by atoms with E-state index in [9.17, 15) is 4.79 Å². The number of carbonyl (C=O) groups is 1. The normalized spacial score (nSPS) is 11.0. The number of ether oxygens (including phenoxy) is 1. The first kappa shape index (κ1) is 17.2. The van der Waals surface area contributed by atoms with Gasteiger partial charge in [-0.1, -0.05) is 28.1 Å². The smallest absolute Gasteiger partial charge is 0.244 e. The standard InChI is InChI=1S/C18H19BrN2O2/c1-13(2)23-17-9-5-15(6-10-17)12-20-21-18(22)11-14-3-7-16(19)8-4-14/h3-10,12-13H,11H2,1-2H3,(H,21,22)/b20-12+. The lowest BCUT2D eigenvalue weighted by atomic mass is 10.1. The average Bonchev–Trinajstić information content (AvgIpc) is 2.51. The Bertz CT molecular complexity index is 664. The van der Waals surface area contributed by atoms with Crippen molar-refractivity contribution in [2.24, 2.45) is 5.10 Å². The van der Waals surface area contributed by atoms with E-state index in [0.29, 0.717) is 6.42 Å². The number of amides is 1. The van der Waals surface area contributed by atoms with Crippen molar-refractivity contribution in [3.63, 3.8) is 0 Å². The second kappa shape index (κ2) is 8.48. The zero-order chi connectivity index (χ0) is 16.7. The van der Waals surface area contributed by atoms with Crippen molar-refractivity contribution in [2.45, 2.75) is 26.4 Å². The van der Waals surface area contributed by atoms with Crippen LogP contribution in [0.4, 0.5) is 0 Å². The molecule has 0 radical (unpaired) electrons. The molecule has 2 aromatic rings. The van der Waals surface area contributed by atoms with E-state index in [4.69, 9.17) is 4.74 Å². The van der Waals surface area contributed by atoms with E-state index >= 15 is 0 Å². The number of benzene rings is 2. The zero-order valence-electron chi connectivity index (χ0n) is 13.1. The van der Waals surface area contributed by atoms with Crippen LogP contribution < -0.4 is 10.2 Å². The summed E-state index contributed by atoms with van der Waals surface area (Å²) >= 11 is 3.36. The molecule has 0 spiro atoms. The third-order valence-electron chi connectivity index (χ3n) is 2.93. The molecule has 4 nitrogen and oxygen atoms in total. The number of carbonyl (C=O) groups excluding carboxylic acids is 1. The van der Waals surface area contributed by atoms with Crippen LogP contribution in [0.5, 0.6) is 5.75 Å². The Balaban J connectivity index is 1.83. The first-order valence-corrected chi connectivity index (χ1v) is 8.15. The van der Waals surface area contributed by atoms with Gasteiger partial charge in [-0.15, -0.1) is 0 Å². The molecule has 0 aliphatic carbocycles. The summed E-state index contributed by atoms with van der Waals surface area (Å²) < 4.78 is 6.56. The maximum absolute atomic E-state index is 11.8. The van der Waals surface area contributed by atoms with E-state index in [-0.39, 0.29) is 12.0 Å². The van der Waals surface area contributed by atoms with Gasteiger partial charge in [-0.05, 0) is 61.4 Å². The quantitative estimate of drug-likeness (QED) is 0.615. The van der Waals surface area contributed by atoms with Crippen LogP contribution in [-0.2, 0) is 11.2 Å². The molecule has 0 fully saturated rings. The fourth-order valence-corrected chi connectivity index (χ4v) is 2.17. The number of hydrazone groups is 1. The van der Waals surface area contributed by atoms with Crippen LogP contribution in [0.1, 0.15) is 25.0 Å². The summed E-state index contributed by atoms with van der Waals surface area (Å²) in [6.07, 6.45) is 2.05. The lowest BCUT2D eigenvalue weighted by Gasteiger charge is -2.09. The van der Waals surface area contributed by atoms with Gasteiger partial charge < -0.3 is 4.74 Å². The van der Waals surface area contributed by atoms with Gasteiger partial charge in [0.25, 0.3) is 0 Å². The molecule has 2 rings (SSSR count). The van der Waals surface area contributed by atoms with Crippen LogP contribution >= 0.6 is 15.9 Å². The molecule has 120 valence electrons. The summed E-state index contributed by atoms with van der Waals surface area (Å²) in [5.41, 5.74) is 4.36. The van der Waals surface area contributed by atoms with E-state index in [0.717, 1.165) is 21.3 Å². The first-order chi connectivity index (χ1) is 11.0. The fraction of sp³-hybridized carbons (Fsp3) is 0.222. The van der Waals surface area contributed by atoms with E-state index in [1.807, 2.05) is 62.4 Å². The van der Waals surface area contributed by atoms with Gasteiger partial charge in [-0.2, -0.15) is 5.10 Å². The van der Waals surface area contributed by atoms with E-state index in [1.54, 1.807) is 6.21 Å². The fourth-order valence-electron chi connectivity index (χ4n) is 1.91. The molecule has 0 aromatic heterocycles. The van der Waals surface area contributed by atoms with Crippen molar-refractivity contribution in [2.75, 3.05) is 0 Å².